The highest BCUT2D eigenvalue weighted by Crippen LogP contribution is 2.34. The molecule has 2 fully saturated rings. The Labute approximate surface area is 114 Å². The molecule has 1 aliphatic carbocycles. The zero-order valence-corrected chi connectivity index (χ0v) is 11.6. The summed E-state index contributed by atoms with van der Waals surface area (Å²) >= 11 is 0. The largest absolute Gasteiger partial charge is 0.480 e. The highest BCUT2D eigenvalue weighted by molar-refractivity contribution is 5.89. The summed E-state index contributed by atoms with van der Waals surface area (Å²) in [6.45, 7) is 2.98. The number of carboxylic acids is 1. The van der Waals surface area contributed by atoms with Gasteiger partial charge in [-0.2, -0.15) is 0 Å². The van der Waals surface area contributed by atoms with Crippen LogP contribution in [0.3, 0.4) is 0 Å². The van der Waals surface area contributed by atoms with Crippen molar-refractivity contribution in [1.82, 2.24) is 10.6 Å². The second-order valence-corrected chi connectivity index (χ2v) is 5.88. The summed E-state index contributed by atoms with van der Waals surface area (Å²) in [7, 11) is 0. The zero-order chi connectivity index (χ0) is 13.9. The van der Waals surface area contributed by atoms with Gasteiger partial charge in [0, 0.05) is 0 Å². The fraction of sp³-hybridized carbons (Fsp3) is 0.857. The van der Waals surface area contributed by atoms with Crippen LogP contribution in [0.5, 0.6) is 0 Å². The first-order chi connectivity index (χ1) is 9.07. The summed E-state index contributed by atoms with van der Waals surface area (Å²) in [5.41, 5.74) is -1.03. The van der Waals surface area contributed by atoms with E-state index >= 15 is 0 Å². The molecule has 2 aliphatic rings. The second-order valence-electron chi connectivity index (χ2n) is 5.88. The van der Waals surface area contributed by atoms with Crippen LogP contribution in [0.25, 0.3) is 0 Å². The Morgan fingerprint density at radius 2 is 2.00 bits per heavy atom. The van der Waals surface area contributed by atoms with E-state index in [0.717, 1.165) is 38.6 Å². The third-order valence-electron chi connectivity index (χ3n) is 4.68. The molecule has 1 atom stereocenters. The molecule has 0 spiro atoms. The van der Waals surface area contributed by atoms with E-state index in [1.165, 1.54) is 0 Å². The molecule has 1 saturated heterocycles. The van der Waals surface area contributed by atoms with Gasteiger partial charge in [0.1, 0.15) is 5.54 Å². The van der Waals surface area contributed by atoms with E-state index in [0.29, 0.717) is 18.8 Å². The van der Waals surface area contributed by atoms with Crippen LogP contribution in [-0.2, 0) is 9.59 Å². The van der Waals surface area contributed by atoms with Crippen molar-refractivity contribution in [3.63, 3.8) is 0 Å². The third-order valence-corrected chi connectivity index (χ3v) is 4.68. The van der Waals surface area contributed by atoms with E-state index in [2.05, 4.69) is 17.6 Å². The number of carboxylic acid groups (broad SMARTS) is 1. The highest BCUT2D eigenvalue weighted by Gasteiger charge is 2.44. The minimum atomic E-state index is -1.03. The summed E-state index contributed by atoms with van der Waals surface area (Å²) in [5.74, 6) is -0.419. The zero-order valence-electron chi connectivity index (χ0n) is 11.6. The number of hydrogen-bond donors (Lipinski definition) is 3. The normalized spacial score (nSPS) is 35.0. The molecule has 0 unspecified atom stereocenters. The van der Waals surface area contributed by atoms with Gasteiger partial charge in [0.05, 0.1) is 6.04 Å². The SMILES string of the molecule is CCC1CCC(NC(=O)[C@@H]2CCCN2)(C(=O)O)CC1. The fourth-order valence-corrected chi connectivity index (χ4v) is 3.20. The standard InChI is InChI=1S/C14H24N2O3/c1-2-10-5-7-14(8-6-10,13(18)19)16-12(17)11-4-3-9-15-11/h10-11,15H,2-9H2,1H3,(H,16,17)(H,18,19)/t10?,11-,14?/m0/s1. The third kappa shape index (κ3) is 3.08. The smallest absolute Gasteiger partial charge is 0.329 e. The quantitative estimate of drug-likeness (QED) is 0.717. The predicted octanol–water partition coefficient (Wildman–Crippen LogP) is 1.28. The molecular weight excluding hydrogens is 244 g/mol. The first-order valence-corrected chi connectivity index (χ1v) is 7.36. The molecule has 3 N–H and O–H groups in total. The summed E-state index contributed by atoms with van der Waals surface area (Å²) < 4.78 is 0. The van der Waals surface area contributed by atoms with Crippen LogP contribution in [0.1, 0.15) is 51.9 Å². The number of amides is 1. The molecule has 19 heavy (non-hydrogen) atoms. The minimum Gasteiger partial charge on any atom is -0.480 e. The van der Waals surface area contributed by atoms with Crippen molar-refractivity contribution in [1.29, 1.82) is 0 Å². The first kappa shape index (κ1) is 14.3. The Kier molecular flexibility index (Phi) is 4.45. The molecule has 0 aromatic rings. The molecule has 2 rings (SSSR count). The number of hydrogen-bond acceptors (Lipinski definition) is 3. The molecule has 1 amide bonds. The molecule has 1 saturated carbocycles. The number of aliphatic carboxylic acids is 1. The average molecular weight is 268 g/mol. The lowest BCUT2D eigenvalue weighted by atomic mass is 9.75. The van der Waals surface area contributed by atoms with Crippen LogP contribution in [0.15, 0.2) is 0 Å². The number of rotatable bonds is 4. The average Bonchev–Trinajstić information content (AvgIpc) is 2.93. The minimum absolute atomic E-state index is 0.144. The van der Waals surface area contributed by atoms with Gasteiger partial charge in [0.2, 0.25) is 5.91 Å². The number of carbonyl (C=O) groups excluding carboxylic acids is 1. The van der Waals surface area contributed by atoms with Crippen LogP contribution >= 0.6 is 0 Å². The van der Waals surface area contributed by atoms with Crippen molar-refractivity contribution in [2.45, 2.75) is 63.5 Å². The molecule has 0 radical (unpaired) electrons. The van der Waals surface area contributed by atoms with E-state index in [9.17, 15) is 14.7 Å². The van der Waals surface area contributed by atoms with E-state index in [1.54, 1.807) is 0 Å². The van der Waals surface area contributed by atoms with Gasteiger partial charge in [-0.25, -0.2) is 4.79 Å². The molecule has 5 heteroatoms. The lowest BCUT2D eigenvalue weighted by molar-refractivity contribution is -0.150. The van der Waals surface area contributed by atoms with Crippen molar-refractivity contribution < 1.29 is 14.7 Å². The van der Waals surface area contributed by atoms with Crippen molar-refractivity contribution >= 4 is 11.9 Å². The molecule has 0 bridgehead atoms. The molecule has 5 nitrogen and oxygen atoms in total. The van der Waals surface area contributed by atoms with Gasteiger partial charge in [0.25, 0.3) is 0 Å². The molecule has 108 valence electrons. The van der Waals surface area contributed by atoms with E-state index in [1.807, 2.05) is 0 Å². The van der Waals surface area contributed by atoms with Gasteiger partial charge < -0.3 is 15.7 Å². The van der Waals surface area contributed by atoms with E-state index in [-0.39, 0.29) is 11.9 Å². The van der Waals surface area contributed by atoms with Crippen molar-refractivity contribution in [2.24, 2.45) is 5.92 Å². The van der Waals surface area contributed by atoms with Crippen LogP contribution in [0, 0.1) is 5.92 Å². The van der Waals surface area contributed by atoms with Crippen LogP contribution in [0.2, 0.25) is 0 Å². The Morgan fingerprint density at radius 1 is 1.32 bits per heavy atom. The second kappa shape index (κ2) is 5.90. The highest BCUT2D eigenvalue weighted by atomic mass is 16.4. The van der Waals surface area contributed by atoms with Gasteiger partial charge in [-0.15, -0.1) is 0 Å². The maximum Gasteiger partial charge on any atom is 0.329 e. The summed E-state index contributed by atoms with van der Waals surface area (Å²) in [4.78, 5) is 23.7. The topological polar surface area (TPSA) is 78.4 Å². The Balaban J connectivity index is 2.00. The maximum absolute atomic E-state index is 12.1. The summed E-state index contributed by atoms with van der Waals surface area (Å²) in [5, 5.41) is 15.4. The van der Waals surface area contributed by atoms with Crippen molar-refractivity contribution in [2.75, 3.05) is 6.54 Å². The number of nitrogens with one attached hydrogen (secondary N) is 2. The first-order valence-electron chi connectivity index (χ1n) is 7.36. The monoisotopic (exact) mass is 268 g/mol. The van der Waals surface area contributed by atoms with Gasteiger partial charge in [0.15, 0.2) is 0 Å². The summed E-state index contributed by atoms with van der Waals surface area (Å²) in [6.07, 6.45) is 5.77. The molecule has 0 aromatic carbocycles. The van der Waals surface area contributed by atoms with E-state index < -0.39 is 11.5 Å². The molecule has 1 aliphatic heterocycles. The van der Waals surface area contributed by atoms with Crippen molar-refractivity contribution in [3.8, 4) is 0 Å². The fourth-order valence-electron chi connectivity index (χ4n) is 3.20. The Hall–Kier alpha value is -1.10. The Morgan fingerprint density at radius 3 is 2.47 bits per heavy atom. The van der Waals surface area contributed by atoms with Crippen LogP contribution in [-0.4, -0.2) is 35.1 Å². The van der Waals surface area contributed by atoms with E-state index in [4.69, 9.17) is 0 Å². The lowest BCUT2D eigenvalue weighted by Gasteiger charge is -2.37. The Bertz CT molecular complexity index is 343. The van der Waals surface area contributed by atoms with Crippen LogP contribution in [0.4, 0.5) is 0 Å². The molecular formula is C14H24N2O3. The molecule has 1 heterocycles. The van der Waals surface area contributed by atoms with Gasteiger partial charge in [-0.1, -0.05) is 13.3 Å². The maximum atomic E-state index is 12.1. The van der Waals surface area contributed by atoms with Crippen molar-refractivity contribution in [3.05, 3.63) is 0 Å². The van der Waals surface area contributed by atoms with Crippen LogP contribution < -0.4 is 10.6 Å². The van der Waals surface area contributed by atoms with Gasteiger partial charge in [-0.3, -0.25) is 4.79 Å². The van der Waals surface area contributed by atoms with Gasteiger partial charge in [-0.05, 0) is 51.0 Å². The summed E-state index contributed by atoms with van der Waals surface area (Å²) in [6, 6.07) is -0.208. The molecule has 0 aromatic heterocycles. The predicted molar refractivity (Wildman–Crippen MR) is 71.8 cm³/mol. The number of carbonyl (C=O) groups is 2. The lowest BCUT2D eigenvalue weighted by Crippen LogP contribution is -2.59. The van der Waals surface area contributed by atoms with Gasteiger partial charge >= 0.3 is 5.97 Å².